The van der Waals surface area contributed by atoms with Gasteiger partial charge < -0.3 is 9.84 Å². The fourth-order valence-electron chi connectivity index (χ4n) is 3.73. The predicted octanol–water partition coefficient (Wildman–Crippen LogP) is 3.76. The van der Waals surface area contributed by atoms with Gasteiger partial charge in [0.1, 0.15) is 0 Å². The fourth-order valence-corrected chi connectivity index (χ4v) is 3.85. The molecular weight excluding hydrogens is 414 g/mol. The van der Waals surface area contributed by atoms with Crippen LogP contribution in [0.4, 0.5) is 5.69 Å². The van der Waals surface area contributed by atoms with Gasteiger partial charge in [0.2, 0.25) is 17.6 Å². The summed E-state index contributed by atoms with van der Waals surface area (Å²) in [5.41, 5.74) is 3.95. The number of amides is 1. The Morgan fingerprint density at radius 2 is 1.68 bits per heavy atom. The third-order valence-corrected chi connectivity index (χ3v) is 5.76. The molecule has 0 atom stereocenters. The fraction of sp³-hybridized carbons (Fsp3) is 0.348. The number of carbonyl (C=O) groups excluding carboxylic acids is 1. The van der Waals surface area contributed by atoms with Crippen LogP contribution in [0.15, 0.2) is 47.0 Å². The highest BCUT2D eigenvalue weighted by Crippen LogP contribution is 2.20. The maximum atomic E-state index is 12.5. The first-order chi connectivity index (χ1) is 15.0. The minimum absolute atomic E-state index is 0.0235. The second-order valence-corrected chi connectivity index (χ2v) is 8.32. The molecule has 1 aliphatic heterocycles. The van der Waals surface area contributed by atoms with E-state index in [0.717, 1.165) is 48.6 Å². The number of nitrogens with one attached hydrogen (secondary N) is 1. The second kappa shape index (κ2) is 9.60. The molecule has 0 bridgehead atoms. The van der Waals surface area contributed by atoms with Gasteiger partial charge in [-0.1, -0.05) is 35.0 Å². The number of anilines is 1. The first-order valence-electron chi connectivity index (χ1n) is 10.4. The Morgan fingerprint density at radius 1 is 1.03 bits per heavy atom. The smallest absolute Gasteiger partial charge is 0.241 e. The van der Waals surface area contributed by atoms with Gasteiger partial charge in [-0.25, -0.2) is 0 Å². The number of carbonyl (C=O) groups is 1. The Hall–Kier alpha value is -2.74. The molecule has 1 amide bonds. The molecule has 1 fully saturated rings. The Bertz CT molecular complexity index is 1020. The lowest BCUT2D eigenvalue weighted by molar-refractivity contribution is -0.117. The van der Waals surface area contributed by atoms with Crippen molar-refractivity contribution < 1.29 is 9.32 Å². The number of benzene rings is 2. The molecule has 2 aromatic carbocycles. The summed E-state index contributed by atoms with van der Waals surface area (Å²) < 4.78 is 5.42. The Labute approximate surface area is 187 Å². The number of hydrogen-bond acceptors (Lipinski definition) is 6. The van der Waals surface area contributed by atoms with Crippen molar-refractivity contribution >= 4 is 23.2 Å². The highest BCUT2D eigenvalue weighted by atomic mass is 35.5. The molecule has 0 unspecified atom stereocenters. The van der Waals surface area contributed by atoms with Gasteiger partial charge in [-0.15, -0.1) is 0 Å². The highest BCUT2D eigenvalue weighted by Gasteiger charge is 2.21. The predicted molar refractivity (Wildman–Crippen MR) is 121 cm³/mol. The summed E-state index contributed by atoms with van der Waals surface area (Å²) in [5, 5.41) is 7.81. The van der Waals surface area contributed by atoms with E-state index < -0.39 is 0 Å². The molecule has 31 heavy (non-hydrogen) atoms. The van der Waals surface area contributed by atoms with E-state index in [1.807, 2.05) is 56.3 Å². The summed E-state index contributed by atoms with van der Waals surface area (Å²) in [7, 11) is 0. The Morgan fingerprint density at radius 3 is 2.35 bits per heavy atom. The van der Waals surface area contributed by atoms with Crippen molar-refractivity contribution in [1.29, 1.82) is 0 Å². The van der Waals surface area contributed by atoms with E-state index >= 15 is 0 Å². The topological polar surface area (TPSA) is 74.5 Å². The minimum atomic E-state index is 0.0235. The van der Waals surface area contributed by atoms with Gasteiger partial charge in [-0.05, 0) is 49.2 Å². The van der Waals surface area contributed by atoms with Crippen LogP contribution in [0.2, 0.25) is 5.02 Å². The average Bonchev–Trinajstić information content (AvgIpc) is 3.21. The molecular formula is C23H26ClN5O2. The van der Waals surface area contributed by atoms with Gasteiger partial charge in [-0.3, -0.25) is 14.6 Å². The van der Waals surface area contributed by atoms with Crippen molar-refractivity contribution in [3.8, 4) is 11.4 Å². The lowest BCUT2D eigenvalue weighted by Crippen LogP contribution is -2.48. The molecule has 1 aromatic heterocycles. The van der Waals surface area contributed by atoms with Gasteiger partial charge in [-0.2, -0.15) is 4.98 Å². The van der Waals surface area contributed by atoms with Crippen LogP contribution >= 0.6 is 11.6 Å². The molecule has 2 heterocycles. The summed E-state index contributed by atoms with van der Waals surface area (Å²) in [6.45, 7) is 8.34. The molecule has 0 spiro atoms. The summed E-state index contributed by atoms with van der Waals surface area (Å²) in [6, 6.07) is 13.4. The van der Waals surface area contributed by atoms with E-state index in [0.29, 0.717) is 29.8 Å². The van der Waals surface area contributed by atoms with E-state index in [2.05, 4.69) is 25.3 Å². The number of piperazine rings is 1. The Balaban J connectivity index is 1.25. The largest absolute Gasteiger partial charge is 0.338 e. The molecule has 1 saturated heterocycles. The summed E-state index contributed by atoms with van der Waals surface area (Å²) in [4.78, 5) is 21.4. The van der Waals surface area contributed by atoms with Crippen LogP contribution in [0.1, 0.15) is 17.0 Å². The summed E-state index contributed by atoms with van der Waals surface area (Å²) in [5.74, 6) is 1.18. The third kappa shape index (κ3) is 5.50. The van der Waals surface area contributed by atoms with Crippen molar-refractivity contribution in [3.05, 3.63) is 64.5 Å². The maximum absolute atomic E-state index is 12.5. The Kier molecular flexibility index (Phi) is 6.65. The molecule has 4 rings (SSSR count). The zero-order valence-corrected chi connectivity index (χ0v) is 18.5. The second-order valence-electron chi connectivity index (χ2n) is 7.89. The van der Waals surface area contributed by atoms with E-state index in [1.165, 1.54) is 0 Å². The normalized spacial score (nSPS) is 15.2. The van der Waals surface area contributed by atoms with E-state index in [9.17, 15) is 4.79 Å². The van der Waals surface area contributed by atoms with Gasteiger partial charge >= 0.3 is 0 Å². The number of hydrogen-bond donors (Lipinski definition) is 1. The van der Waals surface area contributed by atoms with Gasteiger partial charge in [0.15, 0.2) is 0 Å². The van der Waals surface area contributed by atoms with Crippen LogP contribution in [0.25, 0.3) is 11.4 Å². The summed E-state index contributed by atoms with van der Waals surface area (Å²) >= 11 is 5.93. The molecule has 162 valence electrons. The van der Waals surface area contributed by atoms with Gasteiger partial charge in [0, 0.05) is 42.5 Å². The van der Waals surface area contributed by atoms with Crippen LogP contribution in [0.3, 0.4) is 0 Å². The summed E-state index contributed by atoms with van der Waals surface area (Å²) in [6.07, 6.45) is 0. The van der Waals surface area contributed by atoms with E-state index in [4.69, 9.17) is 16.1 Å². The van der Waals surface area contributed by atoms with Crippen LogP contribution in [0, 0.1) is 13.8 Å². The molecule has 1 N–H and O–H groups in total. The standard InChI is InChI=1S/C23H26ClN5O2/c1-16-4-3-5-17(2)22(16)25-20(30)14-28-10-12-29(13-11-28)15-21-26-23(27-31-21)18-6-8-19(24)9-7-18/h3-9H,10-15H2,1-2H3,(H,25,30). The average molecular weight is 440 g/mol. The van der Waals surface area contributed by atoms with E-state index in [-0.39, 0.29) is 5.91 Å². The molecule has 0 aliphatic carbocycles. The van der Waals surface area contributed by atoms with Crippen LogP contribution in [0.5, 0.6) is 0 Å². The lowest BCUT2D eigenvalue weighted by atomic mass is 10.1. The van der Waals surface area contributed by atoms with Crippen LogP contribution in [-0.2, 0) is 11.3 Å². The number of aryl methyl sites for hydroxylation is 2. The number of para-hydroxylation sites is 1. The van der Waals surface area contributed by atoms with E-state index in [1.54, 1.807) is 0 Å². The lowest BCUT2D eigenvalue weighted by Gasteiger charge is -2.33. The van der Waals surface area contributed by atoms with Crippen molar-refractivity contribution in [2.24, 2.45) is 0 Å². The number of halogens is 1. The molecule has 1 aliphatic rings. The molecule has 3 aromatic rings. The number of aromatic nitrogens is 2. The number of rotatable bonds is 6. The third-order valence-electron chi connectivity index (χ3n) is 5.51. The van der Waals surface area contributed by atoms with Crippen LogP contribution < -0.4 is 5.32 Å². The quantitative estimate of drug-likeness (QED) is 0.630. The first-order valence-corrected chi connectivity index (χ1v) is 10.7. The van der Waals surface area contributed by atoms with Crippen molar-refractivity contribution in [3.63, 3.8) is 0 Å². The van der Waals surface area contributed by atoms with Crippen molar-refractivity contribution in [1.82, 2.24) is 19.9 Å². The van der Waals surface area contributed by atoms with Gasteiger partial charge in [0.05, 0.1) is 13.1 Å². The van der Waals surface area contributed by atoms with Gasteiger partial charge in [0.25, 0.3) is 0 Å². The number of nitrogens with zero attached hydrogens (tertiary/aromatic N) is 4. The molecule has 7 nitrogen and oxygen atoms in total. The highest BCUT2D eigenvalue weighted by molar-refractivity contribution is 6.30. The SMILES string of the molecule is Cc1cccc(C)c1NC(=O)CN1CCN(Cc2nc(-c3ccc(Cl)cc3)no2)CC1. The van der Waals surface area contributed by atoms with Crippen LogP contribution in [-0.4, -0.2) is 58.6 Å². The van der Waals surface area contributed by atoms with Crippen molar-refractivity contribution in [2.45, 2.75) is 20.4 Å². The van der Waals surface area contributed by atoms with Crippen molar-refractivity contribution in [2.75, 3.05) is 38.0 Å². The zero-order chi connectivity index (χ0) is 21.8. The molecule has 0 saturated carbocycles. The minimum Gasteiger partial charge on any atom is -0.338 e. The molecule has 0 radical (unpaired) electrons. The zero-order valence-electron chi connectivity index (χ0n) is 17.8. The molecule has 8 heteroatoms. The maximum Gasteiger partial charge on any atom is 0.241 e. The first kappa shape index (κ1) is 21.5. The monoisotopic (exact) mass is 439 g/mol.